The van der Waals surface area contributed by atoms with Gasteiger partial charge in [-0.3, -0.25) is 15.0 Å². The number of hydrogen-bond acceptors (Lipinski definition) is 3. The van der Waals surface area contributed by atoms with Gasteiger partial charge in [0.2, 0.25) is 5.91 Å². The van der Waals surface area contributed by atoms with Crippen molar-refractivity contribution in [2.75, 3.05) is 12.4 Å². The summed E-state index contributed by atoms with van der Waals surface area (Å²) in [6.07, 6.45) is 3.10. The van der Waals surface area contributed by atoms with Gasteiger partial charge in [0.1, 0.15) is 0 Å². The maximum atomic E-state index is 11.7. The Morgan fingerprint density at radius 3 is 2.33 bits per heavy atom. The number of carbonyl (C=O) groups excluding carboxylic acids is 2. The van der Waals surface area contributed by atoms with Crippen LogP contribution in [0.15, 0.2) is 24.3 Å². The lowest BCUT2D eigenvalue weighted by Crippen LogP contribution is -2.34. The fourth-order valence-electron chi connectivity index (χ4n) is 1.81. The topological polar surface area (TPSA) is 70.2 Å². The molecule has 0 heterocycles. The number of rotatable bonds is 4. The number of nitrogens with one attached hydrogen (secondary N) is 3. The van der Waals surface area contributed by atoms with Gasteiger partial charge >= 0.3 is 0 Å². The minimum absolute atomic E-state index is 0.0775. The highest BCUT2D eigenvalue weighted by atomic mass is 16.2. The van der Waals surface area contributed by atoms with Crippen LogP contribution in [0.4, 0.5) is 5.69 Å². The molecule has 5 heteroatoms. The van der Waals surface area contributed by atoms with Gasteiger partial charge in [-0.1, -0.05) is 6.42 Å². The van der Waals surface area contributed by atoms with E-state index >= 15 is 0 Å². The van der Waals surface area contributed by atoms with Gasteiger partial charge in [-0.25, -0.2) is 5.43 Å². The standard InChI is InChI=1S/C13H17N3O2/c1-14-16-13(18)10-5-7-11(8-6-10)15-12(17)9-3-2-4-9/h5-9,14H,2-4H2,1H3,(H,15,17)(H,16,18). The monoisotopic (exact) mass is 247 g/mol. The summed E-state index contributed by atoms with van der Waals surface area (Å²) in [5, 5.41) is 2.86. The molecule has 2 rings (SSSR count). The predicted octanol–water partition coefficient (Wildman–Crippen LogP) is 1.29. The molecule has 0 aliphatic heterocycles. The second-order valence-electron chi connectivity index (χ2n) is 4.40. The van der Waals surface area contributed by atoms with Crippen LogP contribution in [-0.4, -0.2) is 18.9 Å². The SMILES string of the molecule is CNNC(=O)c1ccc(NC(=O)C2CCC2)cc1. The minimum atomic E-state index is -0.200. The summed E-state index contributed by atoms with van der Waals surface area (Å²) in [6.45, 7) is 0. The van der Waals surface area contributed by atoms with Gasteiger partial charge < -0.3 is 5.32 Å². The molecule has 0 aromatic heterocycles. The van der Waals surface area contributed by atoms with Crippen molar-refractivity contribution in [1.82, 2.24) is 10.9 Å². The first kappa shape index (κ1) is 12.6. The highest BCUT2D eigenvalue weighted by molar-refractivity contribution is 5.96. The molecule has 1 aromatic rings. The van der Waals surface area contributed by atoms with Crippen molar-refractivity contribution in [2.24, 2.45) is 5.92 Å². The Bertz CT molecular complexity index is 438. The third kappa shape index (κ3) is 2.87. The molecule has 0 radical (unpaired) electrons. The molecule has 1 aliphatic carbocycles. The number of benzene rings is 1. The molecule has 3 N–H and O–H groups in total. The van der Waals surface area contributed by atoms with Gasteiger partial charge in [0.15, 0.2) is 0 Å². The Labute approximate surface area is 106 Å². The van der Waals surface area contributed by atoms with Crippen LogP contribution in [0.25, 0.3) is 0 Å². The fourth-order valence-corrected chi connectivity index (χ4v) is 1.81. The van der Waals surface area contributed by atoms with Crippen LogP contribution in [0.5, 0.6) is 0 Å². The molecule has 0 unspecified atom stereocenters. The molecule has 1 fully saturated rings. The Morgan fingerprint density at radius 2 is 1.83 bits per heavy atom. The Balaban J connectivity index is 1.94. The van der Waals surface area contributed by atoms with Crippen LogP contribution in [0.3, 0.4) is 0 Å². The molecule has 1 aromatic carbocycles. The van der Waals surface area contributed by atoms with Crippen LogP contribution in [0, 0.1) is 5.92 Å². The highest BCUT2D eigenvalue weighted by Crippen LogP contribution is 2.27. The molecule has 1 saturated carbocycles. The number of hydrazine groups is 1. The summed E-state index contributed by atoms with van der Waals surface area (Å²) < 4.78 is 0. The van der Waals surface area contributed by atoms with Gasteiger partial charge in [-0.15, -0.1) is 0 Å². The van der Waals surface area contributed by atoms with Crippen molar-refractivity contribution in [3.8, 4) is 0 Å². The van der Waals surface area contributed by atoms with Gasteiger partial charge in [0, 0.05) is 24.2 Å². The second-order valence-corrected chi connectivity index (χ2v) is 4.40. The van der Waals surface area contributed by atoms with E-state index in [9.17, 15) is 9.59 Å². The van der Waals surface area contributed by atoms with E-state index in [1.165, 1.54) is 0 Å². The lowest BCUT2D eigenvalue weighted by molar-refractivity contribution is -0.122. The zero-order valence-electron chi connectivity index (χ0n) is 10.3. The molecule has 0 spiro atoms. The molecule has 18 heavy (non-hydrogen) atoms. The average Bonchev–Trinajstić information content (AvgIpc) is 2.27. The molecule has 0 bridgehead atoms. The Morgan fingerprint density at radius 1 is 1.17 bits per heavy atom. The van der Waals surface area contributed by atoms with Crippen molar-refractivity contribution >= 4 is 17.5 Å². The van der Waals surface area contributed by atoms with Crippen molar-refractivity contribution in [3.63, 3.8) is 0 Å². The number of anilines is 1. The van der Waals surface area contributed by atoms with Crippen LogP contribution in [0.1, 0.15) is 29.6 Å². The van der Waals surface area contributed by atoms with Crippen molar-refractivity contribution < 1.29 is 9.59 Å². The first-order valence-corrected chi connectivity index (χ1v) is 6.08. The maximum Gasteiger partial charge on any atom is 0.265 e. The van der Waals surface area contributed by atoms with Gasteiger partial charge in [0.05, 0.1) is 0 Å². The molecular weight excluding hydrogens is 230 g/mol. The van der Waals surface area contributed by atoms with E-state index in [4.69, 9.17) is 0 Å². The minimum Gasteiger partial charge on any atom is -0.326 e. The molecular formula is C13H17N3O2. The first-order chi connectivity index (χ1) is 8.70. The van der Waals surface area contributed by atoms with Crippen LogP contribution in [-0.2, 0) is 4.79 Å². The van der Waals surface area contributed by atoms with Gasteiger partial charge in [-0.2, -0.15) is 0 Å². The summed E-state index contributed by atoms with van der Waals surface area (Å²) >= 11 is 0. The molecule has 5 nitrogen and oxygen atoms in total. The summed E-state index contributed by atoms with van der Waals surface area (Å²) in [7, 11) is 1.63. The predicted molar refractivity (Wildman–Crippen MR) is 68.9 cm³/mol. The maximum absolute atomic E-state index is 11.7. The largest absolute Gasteiger partial charge is 0.326 e. The summed E-state index contributed by atoms with van der Waals surface area (Å²) in [4.78, 5) is 23.2. The van der Waals surface area contributed by atoms with E-state index < -0.39 is 0 Å². The van der Waals surface area contributed by atoms with Crippen molar-refractivity contribution in [2.45, 2.75) is 19.3 Å². The van der Waals surface area contributed by atoms with Crippen LogP contribution >= 0.6 is 0 Å². The van der Waals surface area contributed by atoms with Crippen LogP contribution in [0.2, 0.25) is 0 Å². The summed E-state index contributed by atoms with van der Waals surface area (Å²) in [6, 6.07) is 6.84. The zero-order chi connectivity index (χ0) is 13.0. The third-order valence-corrected chi connectivity index (χ3v) is 3.13. The highest BCUT2D eigenvalue weighted by Gasteiger charge is 2.25. The van der Waals surface area contributed by atoms with Crippen molar-refractivity contribution in [3.05, 3.63) is 29.8 Å². The number of carbonyl (C=O) groups is 2. The second kappa shape index (κ2) is 5.64. The lowest BCUT2D eigenvalue weighted by atomic mass is 9.85. The molecule has 96 valence electrons. The molecule has 1 aliphatic rings. The van der Waals surface area contributed by atoms with Gasteiger partial charge in [-0.05, 0) is 37.1 Å². The number of amides is 2. The Kier molecular flexibility index (Phi) is 3.94. The quantitative estimate of drug-likeness (QED) is 0.702. The molecule has 0 atom stereocenters. The van der Waals surface area contributed by atoms with Crippen LogP contribution < -0.4 is 16.2 Å². The first-order valence-electron chi connectivity index (χ1n) is 6.08. The number of hydrogen-bond donors (Lipinski definition) is 3. The lowest BCUT2D eigenvalue weighted by Gasteiger charge is -2.24. The van der Waals surface area contributed by atoms with E-state index in [1.54, 1.807) is 31.3 Å². The smallest absolute Gasteiger partial charge is 0.265 e. The third-order valence-electron chi connectivity index (χ3n) is 3.13. The van der Waals surface area contributed by atoms with E-state index in [-0.39, 0.29) is 17.7 Å². The van der Waals surface area contributed by atoms with E-state index in [0.29, 0.717) is 5.56 Å². The van der Waals surface area contributed by atoms with Gasteiger partial charge in [0.25, 0.3) is 5.91 Å². The summed E-state index contributed by atoms with van der Waals surface area (Å²) in [5.41, 5.74) is 6.33. The molecule has 2 amide bonds. The summed E-state index contributed by atoms with van der Waals surface area (Å²) in [5.74, 6) is 0.0420. The van der Waals surface area contributed by atoms with E-state index in [2.05, 4.69) is 16.2 Å². The van der Waals surface area contributed by atoms with Crippen molar-refractivity contribution in [1.29, 1.82) is 0 Å². The van der Waals surface area contributed by atoms with E-state index in [1.807, 2.05) is 0 Å². The normalized spacial score (nSPS) is 14.7. The molecule has 0 saturated heterocycles. The fraction of sp³-hybridized carbons (Fsp3) is 0.385. The average molecular weight is 247 g/mol. The zero-order valence-corrected chi connectivity index (χ0v) is 10.3. The van der Waals surface area contributed by atoms with E-state index in [0.717, 1.165) is 24.9 Å². The Hall–Kier alpha value is -1.88.